The van der Waals surface area contributed by atoms with Gasteiger partial charge in [0, 0.05) is 0 Å². The number of rotatable bonds is 4. The number of carbonyl (C=O) groups is 1. The normalized spacial score (nSPS) is 14.8. The number of carbonyl (C=O) groups excluding carboxylic acids is 1. The van der Waals surface area contributed by atoms with Crippen LogP contribution in [0.5, 0.6) is 5.75 Å². The quantitative estimate of drug-likeness (QED) is 0.854. The fourth-order valence-corrected chi connectivity index (χ4v) is 2.22. The highest BCUT2D eigenvalue weighted by Gasteiger charge is 2.34. The molecule has 112 valence electrons. The van der Waals surface area contributed by atoms with Gasteiger partial charge in [-0.1, -0.05) is 26.0 Å². The van der Waals surface area contributed by atoms with Crippen molar-refractivity contribution in [1.29, 1.82) is 0 Å². The van der Waals surface area contributed by atoms with Gasteiger partial charge in [-0.25, -0.2) is 4.57 Å². The lowest BCUT2D eigenvalue weighted by Crippen LogP contribution is -2.22. The topological polar surface area (TPSA) is 72.8 Å². The Bertz CT molecular complexity index is 513. The van der Waals surface area contributed by atoms with E-state index in [4.69, 9.17) is 4.52 Å². The van der Waals surface area contributed by atoms with Crippen LogP contribution in [0.1, 0.15) is 46.1 Å². The summed E-state index contributed by atoms with van der Waals surface area (Å²) >= 11 is 0. The van der Waals surface area contributed by atoms with Crippen molar-refractivity contribution >= 4 is 13.8 Å². The lowest BCUT2D eigenvalue weighted by molar-refractivity contribution is -0.144. The van der Waals surface area contributed by atoms with Crippen LogP contribution in [-0.4, -0.2) is 10.9 Å². The standard InChI is InChI=1S/C14H21O5P/c1-10(2)11-6-8-12(9-7-11)18-20(16,17)19-13(15)14(3,4)5/h6-10H,1-5H3,(H,16,17). The Morgan fingerprint density at radius 2 is 1.70 bits per heavy atom. The molecule has 5 nitrogen and oxygen atoms in total. The molecule has 0 saturated heterocycles. The van der Waals surface area contributed by atoms with E-state index in [1.54, 1.807) is 45.0 Å². The predicted molar refractivity (Wildman–Crippen MR) is 76.5 cm³/mol. The smallest absolute Gasteiger partial charge is 0.395 e. The molecule has 0 saturated carbocycles. The minimum Gasteiger partial charge on any atom is -0.395 e. The first-order valence-corrected chi connectivity index (χ1v) is 7.87. The molecule has 0 aliphatic rings. The molecule has 1 atom stereocenters. The third-order valence-electron chi connectivity index (χ3n) is 2.58. The van der Waals surface area contributed by atoms with Crippen molar-refractivity contribution in [3.05, 3.63) is 29.8 Å². The Morgan fingerprint density at radius 1 is 1.20 bits per heavy atom. The zero-order valence-electron chi connectivity index (χ0n) is 12.4. The van der Waals surface area contributed by atoms with Crippen LogP contribution >= 0.6 is 7.82 Å². The molecule has 0 aliphatic heterocycles. The molecule has 1 N–H and O–H groups in total. The minimum absolute atomic E-state index is 0.182. The number of phosphoric acid groups is 1. The van der Waals surface area contributed by atoms with E-state index >= 15 is 0 Å². The van der Waals surface area contributed by atoms with Gasteiger partial charge in [-0.3, -0.25) is 9.69 Å². The van der Waals surface area contributed by atoms with E-state index in [9.17, 15) is 14.3 Å². The lowest BCUT2D eigenvalue weighted by atomic mass is 9.98. The first kappa shape index (κ1) is 16.7. The van der Waals surface area contributed by atoms with Crippen LogP contribution in [-0.2, 0) is 13.9 Å². The molecule has 0 spiro atoms. The number of phosphoric ester groups is 1. The number of hydrogen-bond donors (Lipinski definition) is 1. The molecular weight excluding hydrogens is 279 g/mol. The van der Waals surface area contributed by atoms with Crippen LogP contribution in [0, 0.1) is 5.41 Å². The van der Waals surface area contributed by atoms with Crippen LogP contribution in [0.3, 0.4) is 0 Å². The van der Waals surface area contributed by atoms with Crippen molar-refractivity contribution in [2.75, 3.05) is 0 Å². The van der Waals surface area contributed by atoms with E-state index in [0.717, 1.165) is 5.56 Å². The van der Waals surface area contributed by atoms with E-state index in [1.165, 1.54) is 0 Å². The zero-order valence-corrected chi connectivity index (χ0v) is 13.3. The summed E-state index contributed by atoms with van der Waals surface area (Å²) in [5, 5.41) is 0. The fourth-order valence-electron chi connectivity index (χ4n) is 1.31. The van der Waals surface area contributed by atoms with Gasteiger partial charge < -0.3 is 9.05 Å². The molecule has 20 heavy (non-hydrogen) atoms. The van der Waals surface area contributed by atoms with Gasteiger partial charge in [0.05, 0.1) is 5.41 Å². The summed E-state index contributed by atoms with van der Waals surface area (Å²) in [7, 11) is -4.46. The van der Waals surface area contributed by atoms with Gasteiger partial charge in [0.1, 0.15) is 5.75 Å². The van der Waals surface area contributed by atoms with E-state index in [1.807, 2.05) is 13.8 Å². The maximum atomic E-state index is 11.7. The lowest BCUT2D eigenvalue weighted by Gasteiger charge is -2.19. The van der Waals surface area contributed by atoms with Gasteiger partial charge in [-0.15, -0.1) is 0 Å². The molecule has 1 unspecified atom stereocenters. The Labute approximate surface area is 119 Å². The van der Waals surface area contributed by atoms with Crippen LogP contribution < -0.4 is 4.52 Å². The number of hydrogen-bond acceptors (Lipinski definition) is 4. The van der Waals surface area contributed by atoms with Gasteiger partial charge in [0.25, 0.3) is 0 Å². The molecular formula is C14H21O5P. The van der Waals surface area contributed by atoms with E-state index in [2.05, 4.69) is 4.52 Å². The summed E-state index contributed by atoms with van der Waals surface area (Å²) in [6, 6.07) is 6.74. The van der Waals surface area contributed by atoms with Gasteiger partial charge in [0.2, 0.25) is 0 Å². The maximum Gasteiger partial charge on any atom is 0.587 e. The van der Waals surface area contributed by atoms with Gasteiger partial charge in [-0.05, 0) is 44.4 Å². The highest BCUT2D eigenvalue weighted by atomic mass is 31.2. The monoisotopic (exact) mass is 300 g/mol. The largest absolute Gasteiger partial charge is 0.587 e. The third kappa shape index (κ3) is 4.99. The van der Waals surface area contributed by atoms with Crippen molar-refractivity contribution in [3.63, 3.8) is 0 Å². The predicted octanol–water partition coefficient (Wildman–Crippen LogP) is 3.88. The molecule has 1 aromatic rings. The van der Waals surface area contributed by atoms with Gasteiger partial charge in [-0.2, -0.15) is 0 Å². The summed E-state index contributed by atoms with van der Waals surface area (Å²) in [6.45, 7) is 8.85. The van der Waals surface area contributed by atoms with Gasteiger partial charge in [0.15, 0.2) is 0 Å². The van der Waals surface area contributed by atoms with Crippen molar-refractivity contribution in [2.24, 2.45) is 5.41 Å². The van der Waals surface area contributed by atoms with Crippen molar-refractivity contribution in [3.8, 4) is 5.75 Å². The fraction of sp³-hybridized carbons (Fsp3) is 0.500. The van der Waals surface area contributed by atoms with Crippen LogP contribution in [0.4, 0.5) is 0 Å². The molecule has 6 heteroatoms. The minimum atomic E-state index is -4.46. The second-order valence-electron chi connectivity index (χ2n) is 5.91. The summed E-state index contributed by atoms with van der Waals surface area (Å²) in [6.07, 6.45) is 0. The molecule has 0 amide bonds. The molecule has 0 aliphatic carbocycles. The Kier molecular flexibility index (Phi) is 5.00. The average Bonchev–Trinajstić information content (AvgIpc) is 2.27. The van der Waals surface area contributed by atoms with E-state index in [-0.39, 0.29) is 5.75 Å². The SMILES string of the molecule is CC(C)c1ccc(OP(=O)(O)OC(=O)C(C)(C)C)cc1. The van der Waals surface area contributed by atoms with E-state index < -0.39 is 19.2 Å². The van der Waals surface area contributed by atoms with Crippen molar-refractivity contribution < 1.29 is 23.3 Å². The maximum absolute atomic E-state index is 11.7. The summed E-state index contributed by atoms with van der Waals surface area (Å²) in [5.41, 5.74) is 0.209. The molecule has 0 bridgehead atoms. The zero-order chi connectivity index (χ0) is 15.6. The second-order valence-corrected chi connectivity index (χ2v) is 7.21. The third-order valence-corrected chi connectivity index (χ3v) is 3.42. The van der Waals surface area contributed by atoms with Gasteiger partial charge >= 0.3 is 13.8 Å². The Balaban J connectivity index is 2.76. The molecule has 1 rings (SSSR count). The highest BCUT2D eigenvalue weighted by Crippen LogP contribution is 2.45. The summed E-state index contributed by atoms with van der Waals surface area (Å²) in [5.74, 6) is -0.257. The van der Waals surface area contributed by atoms with E-state index in [0.29, 0.717) is 5.92 Å². The van der Waals surface area contributed by atoms with Crippen LogP contribution in [0.25, 0.3) is 0 Å². The summed E-state index contributed by atoms with van der Waals surface area (Å²) in [4.78, 5) is 21.1. The second kappa shape index (κ2) is 5.98. The van der Waals surface area contributed by atoms with Crippen molar-refractivity contribution in [1.82, 2.24) is 0 Å². The van der Waals surface area contributed by atoms with Crippen molar-refractivity contribution in [2.45, 2.75) is 40.5 Å². The molecule has 0 fully saturated rings. The highest BCUT2D eigenvalue weighted by molar-refractivity contribution is 7.48. The van der Waals surface area contributed by atoms with Crippen LogP contribution in [0.2, 0.25) is 0 Å². The average molecular weight is 300 g/mol. The molecule has 0 radical (unpaired) electrons. The Morgan fingerprint density at radius 3 is 2.10 bits per heavy atom. The first-order chi connectivity index (χ1) is 9.01. The molecule has 1 aromatic carbocycles. The Hall–Kier alpha value is -1.32. The number of benzene rings is 1. The van der Waals surface area contributed by atoms with Crippen LogP contribution in [0.15, 0.2) is 24.3 Å². The first-order valence-electron chi connectivity index (χ1n) is 6.37. The molecule has 0 heterocycles. The summed E-state index contributed by atoms with van der Waals surface area (Å²) < 4.78 is 21.2. The molecule has 0 aromatic heterocycles.